The molecule has 2 aromatic carbocycles. The molecule has 0 saturated heterocycles. The molecule has 0 aliphatic carbocycles. The van der Waals surface area contributed by atoms with Crippen LogP contribution in [-0.4, -0.2) is 45.8 Å². The number of carbonyl (C=O) groups is 2. The molecule has 8 heteroatoms. The first-order valence-electron chi connectivity index (χ1n) is 9.85. The molecule has 1 N–H and O–H groups in total. The van der Waals surface area contributed by atoms with Gasteiger partial charge in [-0.3, -0.25) is 4.98 Å². The average molecular weight is 433 g/mol. The number of carbonyl (C=O) groups excluding carboxylic acids is 2. The van der Waals surface area contributed by atoms with E-state index >= 15 is 0 Å². The van der Waals surface area contributed by atoms with E-state index in [1.54, 1.807) is 6.20 Å². The van der Waals surface area contributed by atoms with Gasteiger partial charge in [0.25, 0.3) is 0 Å². The van der Waals surface area contributed by atoms with Gasteiger partial charge in [-0.05, 0) is 49.4 Å². The molecule has 0 unspecified atom stereocenters. The fraction of sp³-hybridized carbons (Fsp3) is 0.167. The highest BCUT2D eigenvalue weighted by molar-refractivity contribution is 5.96. The number of rotatable bonds is 4. The second kappa shape index (κ2) is 10.2. The second-order valence-corrected chi connectivity index (χ2v) is 6.64. The lowest BCUT2D eigenvalue weighted by Crippen LogP contribution is -2.06. The van der Waals surface area contributed by atoms with E-state index < -0.39 is 11.9 Å². The van der Waals surface area contributed by atoms with Crippen molar-refractivity contribution in [3.63, 3.8) is 0 Å². The van der Waals surface area contributed by atoms with Gasteiger partial charge >= 0.3 is 11.9 Å². The van der Waals surface area contributed by atoms with Crippen LogP contribution in [0.2, 0.25) is 0 Å². The fourth-order valence-electron chi connectivity index (χ4n) is 3.17. The van der Waals surface area contributed by atoms with Gasteiger partial charge in [0.05, 0.1) is 36.4 Å². The van der Waals surface area contributed by atoms with Crippen molar-refractivity contribution in [2.24, 2.45) is 0 Å². The number of aromatic hydroxyl groups is 1. The molecule has 0 spiro atoms. The van der Waals surface area contributed by atoms with Crippen molar-refractivity contribution in [2.75, 3.05) is 14.2 Å². The van der Waals surface area contributed by atoms with E-state index in [9.17, 15) is 14.7 Å². The third-order valence-electron chi connectivity index (χ3n) is 4.62. The number of phenolic OH excluding ortho intramolecular Hbond substituents is 1. The van der Waals surface area contributed by atoms with Crippen molar-refractivity contribution < 1.29 is 24.2 Å². The minimum atomic E-state index is -0.629. The summed E-state index contributed by atoms with van der Waals surface area (Å²) < 4.78 is 11.1. The Kier molecular flexibility index (Phi) is 7.17. The number of phenols is 1. The highest BCUT2D eigenvalue weighted by atomic mass is 16.5. The summed E-state index contributed by atoms with van der Waals surface area (Å²) in [6.07, 6.45) is 1.80. The first-order valence-corrected chi connectivity index (χ1v) is 9.85. The lowest BCUT2D eigenvalue weighted by Gasteiger charge is -2.04. The Morgan fingerprint density at radius 3 is 2.12 bits per heavy atom. The monoisotopic (exact) mass is 433 g/mol. The van der Waals surface area contributed by atoms with Gasteiger partial charge in [0.1, 0.15) is 11.4 Å². The Balaban J connectivity index is 0.000000183. The molecule has 2 heterocycles. The van der Waals surface area contributed by atoms with Crippen LogP contribution in [0.4, 0.5) is 0 Å². The standard InChI is InChI=1S/C14H13N3.C10H10O5/c1-2-17-13-9-4-3-7-11(13)16-14(17)12-8-5-6-10-15-12;1-14-9(12)6-3-7(10(13)15-2)5-8(11)4-6/h3-10H,2H2,1H3;3-5,11H,1-2H3. The van der Waals surface area contributed by atoms with Crippen LogP contribution >= 0.6 is 0 Å². The van der Waals surface area contributed by atoms with Crippen molar-refractivity contribution in [3.8, 4) is 17.3 Å². The minimum absolute atomic E-state index is 0.0953. The number of benzene rings is 2. The zero-order valence-electron chi connectivity index (χ0n) is 18.0. The first kappa shape index (κ1) is 22.5. The molecule has 4 aromatic rings. The predicted octanol–water partition coefficient (Wildman–Crippen LogP) is 4.08. The van der Waals surface area contributed by atoms with Crippen molar-refractivity contribution in [3.05, 3.63) is 78.0 Å². The zero-order chi connectivity index (χ0) is 23.1. The smallest absolute Gasteiger partial charge is 0.338 e. The summed E-state index contributed by atoms with van der Waals surface area (Å²) in [7, 11) is 2.42. The maximum Gasteiger partial charge on any atom is 0.338 e. The number of hydrogen-bond donors (Lipinski definition) is 1. The molecule has 0 bridgehead atoms. The minimum Gasteiger partial charge on any atom is -0.508 e. The summed E-state index contributed by atoms with van der Waals surface area (Å²) in [5, 5.41) is 9.27. The number of para-hydroxylation sites is 2. The zero-order valence-corrected chi connectivity index (χ0v) is 18.0. The molecule has 4 rings (SSSR count). The summed E-state index contributed by atoms with van der Waals surface area (Å²) in [5.74, 6) is -0.514. The summed E-state index contributed by atoms with van der Waals surface area (Å²) >= 11 is 0. The van der Waals surface area contributed by atoms with Crippen LogP contribution < -0.4 is 0 Å². The van der Waals surface area contributed by atoms with E-state index in [2.05, 4.69) is 37.0 Å². The van der Waals surface area contributed by atoms with E-state index in [-0.39, 0.29) is 16.9 Å². The van der Waals surface area contributed by atoms with Crippen LogP contribution in [-0.2, 0) is 16.0 Å². The highest BCUT2D eigenvalue weighted by Crippen LogP contribution is 2.22. The summed E-state index contributed by atoms with van der Waals surface area (Å²) in [4.78, 5) is 31.3. The summed E-state index contributed by atoms with van der Waals surface area (Å²) in [6.45, 7) is 3.02. The van der Waals surface area contributed by atoms with Crippen LogP contribution in [0.25, 0.3) is 22.6 Å². The van der Waals surface area contributed by atoms with Crippen LogP contribution in [0.15, 0.2) is 66.9 Å². The molecular formula is C24H23N3O5. The number of methoxy groups -OCH3 is 2. The molecule has 2 aromatic heterocycles. The Morgan fingerprint density at radius 1 is 0.938 bits per heavy atom. The molecular weight excluding hydrogens is 410 g/mol. The van der Waals surface area contributed by atoms with Gasteiger partial charge in [-0.15, -0.1) is 0 Å². The molecule has 0 atom stereocenters. The molecule has 0 aliphatic heterocycles. The first-order chi connectivity index (χ1) is 15.5. The molecule has 0 fully saturated rings. The van der Waals surface area contributed by atoms with Gasteiger partial charge < -0.3 is 19.1 Å². The van der Waals surface area contributed by atoms with E-state index in [0.717, 1.165) is 29.1 Å². The van der Waals surface area contributed by atoms with Crippen molar-refractivity contribution in [1.82, 2.24) is 14.5 Å². The number of pyridine rings is 1. The quantitative estimate of drug-likeness (QED) is 0.484. The Hall–Kier alpha value is -4.20. The predicted molar refractivity (Wildman–Crippen MR) is 119 cm³/mol. The van der Waals surface area contributed by atoms with Gasteiger partial charge in [-0.1, -0.05) is 18.2 Å². The number of aromatic nitrogens is 3. The van der Waals surface area contributed by atoms with Gasteiger partial charge in [0, 0.05) is 12.7 Å². The second-order valence-electron chi connectivity index (χ2n) is 6.64. The van der Waals surface area contributed by atoms with Crippen molar-refractivity contribution >= 4 is 23.0 Å². The van der Waals surface area contributed by atoms with Crippen molar-refractivity contribution in [2.45, 2.75) is 13.5 Å². The Bertz CT molecular complexity index is 1200. The third kappa shape index (κ3) is 4.92. The number of fused-ring (bicyclic) bond motifs is 1. The van der Waals surface area contributed by atoms with E-state index in [4.69, 9.17) is 0 Å². The molecule has 0 aliphatic rings. The molecule has 0 amide bonds. The number of esters is 2. The lowest BCUT2D eigenvalue weighted by atomic mass is 10.1. The van der Waals surface area contributed by atoms with E-state index in [0.29, 0.717) is 0 Å². The van der Waals surface area contributed by atoms with Gasteiger partial charge in [-0.2, -0.15) is 0 Å². The summed E-state index contributed by atoms with van der Waals surface area (Å²) in [5.41, 5.74) is 3.30. The highest BCUT2D eigenvalue weighted by Gasteiger charge is 2.13. The number of ether oxygens (including phenoxy) is 2. The van der Waals surface area contributed by atoms with E-state index in [1.807, 2.05) is 36.4 Å². The van der Waals surface area contributed by atoms with Gasteiger partial charge in [0.2, 0.25) is 0 Å². The van der Waals surface area contributed by atoms with Crippen molar-refractivity contribution in [1.29, 1.82) is 0 Å². The average Bonchev–Trinajstić information content (AvgIpc) is 3.22. The topological polar surface area (TPSA) is 104 Å². The van der Waals surface area contributed by atoms with Crippen LogP contribution in [0.3, 0.4) is 0 Å². The third-order valence-corrected chi connectivity index (χ3v) is 4.62. The normalized spacial score (nSPS) is 10.2. The van der Waals surface area contributed by atoms with Gasteiger partial charge in [0.15, 0.2) is 5.82 Å². The Labute approximate surface area is 185 Å². The van der Waals surface area contributed by atoms with Crippen LogP contribution in [0.1, 0.15) is 27.6 Å². The molecule has 0 saturated carbocycles. The Morgan fingerprint density at radius 2 is 1.56 bits per heavy atom. The molecule has 0 radical (unpaired) electrons. The number of aryl methyl sites for hydroxylation is 1. The molecule has 8 nitrogen and oxygen atoms in total. The maximum atomic E-state index is 11.1. The van der Waals surface area contributed by atoms with Crippen LogP contribution in [0, 0.1) is 0 Å². The van der Waals surface area contributed by atoms with E-state index in [1.165, 1.54) is 32.4 Å². The number of imidazole rings is 1. The SMILES string of the molecule is CCn1c(-c2ccccn2)nc2ccccc21.COC(=O)c1cc(O)cc(C(=O)OC)c1. The summed E-state index contributed by atoms with van der Waals surface area (Å²) in [6, 6.07) is 17.8. The molecule has 32 heavy (non-hydrogen) atoms. The number of nitrogens with zero attached hydrogens (tertiary/aromatic N) is 3. The van der Waals surface area contributed by atoms with Gasteiger partial charge in [-0.25, -0.2) is 14.6 Å². The molecule has 164 valence electrons. The number of hydrogen-bond acceptors (Lipinski definition) is 7. The lowest BCUT2D eigenvalue weighted by molar-refractivity contribution is 0.0598. The van der Waals surface area contributed by atoms with Crippen LogP contribution in [0.5, 0.6) is 5.75 Å². The maximum absolute atomic E-state index is 11.1. The largest absolute Gasteiger partial charge is 0.508 e. The fourth-order valence-corrected chi connectivity index (χ4v) is 3.17.